The number of aliphatic carboxylic acids is 1. The molecule has 6 nitrogen and oxygen atoms in total. The highest BCUT2D eigenvalue weighted by molar-refractivity contribution is 5.80. The third-order valence-corrected chi connectivity index (χ3v) is 3.33. The molecule has 0 heterocycles. The molecule has 0 saturated heterocycles. The van der Waals surface area contributed by atoms with Crippen LogP contribution in [0.1, 0.15) is 24.8 Å². The Kier molecular flexibility index (Phi) is 3.69. The minimum absolute atomic E-state index is 0.0814. The van der Waals surface area contributed by atoms with Crippen molar-refractivity contribution in [2.45, 2.75) is 32.2 Å². The average molecular weight is 264 g/mol. The summed E-state index contributed by atoms with van der Waals surface area (Å²) in [7, 11) is 0. The number of carboxylic acid groups (broad SMARTS) is 1. The summed E-state index contributed by atoms with van der Waals surface area (Å²) in [6.45, 7) is 1.73. The van der Waals surface area contributed by atoms with Gasteiger partial charge in [-0.1, -0.05) is 25.0 Å². The molecule has 0 aromatic heterocycles. The lowest BCUT2D eigenvalue weighted by Crippen LogP contribution is -2.30. The number of nitro benzene ring substituents is 1. The van der Waals surface area contributed by atoms with E-state index in [9.17, 15) is 20.0 Å². The summed E-state index contributed by atoms with van der Waals surface area (Å²) in [6, 6.07) is 3.93. The minimum atomic E-state index is -0.968. The molecule has 0 spiro atoms. The highest BCUT2D eigenvalue weighted by Crippen LogP contribution is 2.35. The van der Waals surface area contributed by atoms with Gasteiger partial charge in [0.25, 0.3) is 5.69 Å². The van der Waals surface area contributed by atoms with E-state index in [2.05, 4.69) is 5.32 Å². The van der Waals surface area contributed by atoms with Gasteiger partial charge in [-0.2, -0.15) is 0 Å². The fraction of sp³-hybridized carbons (Fsp3) is 0.462. The monoisotopic (exact) mass is 264 g/mol. The Morgan fingerprint density at radius 3 is 2.79 bits per heavy atom. The molecule has 0 bridgehead atoms. The van der Waals surface area contributed by atoms with Crippen molar-refractivity contribution in [1.82, 2.24) is 0 Å². The van der Waals surface area contributed by atoms with Crippen LogP contribution in [0.15, 0.2) is 18.2 Å². The number of nitrogens with one attached hydrogen (secondary N) is 1. The van der Waals surface area contributed by atoms with Crippen molar-refractivity contribution in [3.05, 3.63) is 33.9 Å². The molecule has 1 aromatic carbocycles. The molecule has 1 aromatic rings. The number of hydrogen-bond acceptors (Lipinski definition) is 4. The van der Waals surface area contributed by atoms with Crippen LogP contribution in [0.2, 0.25) is 0 Å². The topological polar surface area (TPSA) is 92.5 Å². The lowest BCUT2D eigenvalue weighted by molar-refractivity contribution is -0.384. The van der Waals surface area contributed by atoms with Crippen LogP contribution < -0.4 is 5.32 Å². The van der Waals surface area contributed by atoms with Gasteiger partial charge in [0.2, 0.25) is 0 Å². The van der Waals surface area contributed by atoms with Gasteiger partial charge < -0.3 is 10.4 Å². The van der Waals surface area contributed by atoms with Gasteiger partial charge in [-0.25, -0.2) is 4.79 Å². The molecule has 6 heteroatoms. The second-order valence-electron chi connectivity index (χ2n) is 4.94. The molecular formula is C13H16N2O4. The van der Waals surface area contributed by atoms with Crippen LogP contribution in [0.5, 0.6) is 0 Å². The number of nitro groups is 1. The summed E-state index contributed by atoms with van der Waals surface area (Å²) >= 11 is 0. The Balaban J connectivity index is 2.24. The van der Waals surface area contributed by atoms with Crippen molar-refractivity contribution in [2.75, 3.05) is 5.32 Å². The third kappa shape index (κ3) is 3.21. The second kappa shape index (κ2) is 5.26. The SMILES string of the molecule is Cc1cccc([N+](=O)[O-])c1NC(CC1CC1)C(=O)O. The van der Waals surface area contributed by atoms with Gasteiger partial charge in [-0.3, -0.25) is 10.1 Å². The summed E-state index contributed by atoms with van der Waals surface area (Å²) < 4.78 is 0. The summed E-state index contributed by atoms with van der Waals surface area (Å²) in [5.41, 5.74) is 0.902. The van der Waals surface area contributed by atoms with E-state index in [0.717, 1.165) is 12.8 Å². The highest BCUT2D eigenvalue weighted by atomic mass is 16.6. The van der Waals surface area contributed by atoms with Crippen molar-refractivity contribution in [1.29, 1.82) is 0 Å². The Hall–Kier alpha value is -2.11. The van der Waals surface area contributed by atoms with Crippen molar-refractivity contribution < 1.29 is 14.8 Å². The molecule has 1 unspecified atom stereocenters. The fourth-order valence-electron chi connectivity index (χ4n) is 2.07. The number of hydrogen-bond donors (Lipinski definition) is 2. The number of nitrogens with zero attached hydrogens (tertiary/aromatic N) is 1. The first-order valence-electron chi connectivity index (χ1n) is 6.22. The lowest BCUT2D eigenvalue weighted by Gasteiger charge is -2.17. The Bertz CT molecular complexity index is 511. The van der Waals surface area contributed by atoms with Gasteiger partial charge in [-0.15, -0.1) is 0 Å². The largest absolute Gasteiger partial charge is 0.480 e. The predicted octanol–water partition coefficient (Wildman–Crippen LogP) is 2.57. The zero-order valence-corrected chi connectivity index (χ0v) is 10.6. The minimum Gasteiger partial charge on any atom is -0.480 e. The van der Waals surface area contributed by atoms with E-state index in [0.29, 0.717) is 23.6 Å². The van der Waals surface area contributed by atoms with Gasteiger partial charge in [0.05, 0.1) is 4.92 Å². The number of benzene rings is 1. The molecule has 2 N–H and O–H groups in total. The molecule has 2 rings (SSSR count). The fourth-order valence-corrected chi connectivity index (χ4v) is 2.07. The number of aryl methyl sites for hydroxylation is 1. The standard InChI is InChI=1S/C13H16N2O4/c1-8-3-2-4-11(15(18)19)12(8)14-10(13(16)17)7-9-5-6-9/h2-4,9-10,14H,5-7H2,1H3,(H,16,17). The van der Waals surface area contributed by atoms with Crippen LogP contribution in [0.3, 0.4) is 0 Å². The van der Waals surface area contributed by atoms with E-state index in [1.165, 1.54) is 6.07 Å². The quantitative estimate of drug-likeness (QED) is 0.608. The van der Waals surface area contributed by atoms with Crippen LogP contribution in [0.4, 0.5) is 11.4 Å². The highest BCUT2D eigenvalue weighted by Gasteiger charge is 2.30. The Morgan fingerprint density at radius 1 is 1.58 bits per heavy atom. The van der Waals surface area contributed by atoms with Crippen molar-refractivity contribution in [3.63, 3.8) is 0 Å². The predicted molar refractivity (Wildman–Crippen MR) is 70.2 cm³/mol. The van der Waals surface area contributed by atoms with Crippen molar-refractivity contribution in [3.8, 4) is 0 Å². The van der Waals surface area contributed by atoms with Crippen molar-refractivity contribution in [2.24, 2.45) is 5.92 Å². The van der Waals surface area contributed by atoms with Gasteiger partial charge in [-0.05, 0) is 24.8 Å². The molecule has 1 fully saturated rings. The maximum absolute atomic E-state index is 11.2. The molecule has 1 atom stereocenters. The number of para-hydroxylation sites is 1. The number of carboxylic acids is 1. The van der Waals surface area contributed by atoms with Crippen LogP contribution in [0.25, 0.3) is 0 Å². The van der Waals surface area contributed by atoms with Crippen LogP contribution >= 0.6 is 0 Å². The van der Waals surface area contributed by atoms with E-state index < -0.39 is 16.9 Å². The maximum Gasteiger partial charge on any atom is 0.326 e. The Morgan fingerprint density at radius 2 is 2.26 bits per heavy atom. The smallest absolute Gasteiger partial charge is 0.326 e. The van der Waals surface area contributed by atoms with E-state index >= 15 is 0 Å². The first-order chi connectivity index (χ1) is 8.99. The summed E-state index contributed by atoms with van der Waals surface area (Å²) in [5.74, 6) is -0.541. The summed E-state index contributed by atoms with van der Waals surface area (Å²) in [4.78, 5) is 21.7. The van der Waals surface area contributed by atoms with Gasteiger partial charge in [0.1, 0.15) is 11.7 Å². The average Bonchev–Trinajstić information content (AvgIpc) is 3.13. The molecule has 1 saturated carbocycles. The van der Waals surface area contributed by atoms with Crippen LogP contribution in [-0.2, 0) is 4.79 Å². The third-order valence-electron chi connectivity index (χ3n) is 3.33. The molecule has 0 aliphatic heterocycles. The van der Waals surface area contributed by atoms with Crippen LogP contribution in [0, 0.1) is 23.0 Å². The van der Waals surface area contributed by atoms with Gasteiger partial charge in [0, 0.05) is 6.07 Å². The first-order valence-corrected chi connectivity index (χ1v) is 6.22. The van der Waals surface area contributed by atoms with Crippen LogP contribution in [-0.4, -0.2) is 22.0 Å². The zero-order valence-electron chi connectivity index (χ0n) is 10.6. The normalized spacial score (nSPS) is 15.8. The molecular weight excluding hydrogens is 248 g/mol. The summed E-state index contributed by atoms with van der Waals surface area (Å²) in [6.07, 6.45) is 2.60. The van der Waals surface area contributed by atoms with E-state index in [1.807, 2.05) is 0 Å². The molecule has 1 aliphatic rings. The molecule has 1 aliphatic carbocycles. The van der Waals surface area contributed by atoms with E-state index in [4.69, 9.17) is 0 Å². The second-order valence-corrected chi connectivity index (χ2v) is 4.94. The first kappa shape index (κ1) is 13.3. The molecule has 102 valence electrons. The van der Waals surface area contributed by atoms with Crippen molar-refractivity contribution >= 4 is 17.3 Å². The molecule has 19 heavy (non-hydrogen) atoms. The van der Waals surface area contributed by atoms with Gasteiger partial charge >= 0.3 is 5.97 Å². The zero-order chi connectivity index (χ0) is 14.0. The number of rotatable bonds is 6. The molecule has 0 amide bonds. The Labute approximate surface area is 110 Å². The van der Waals surface area contributed by atoms with E-state index in [1.54, 1.807) is 19.1 Å². The number of carbonyl (C=O) groups is 1. The molecule has 0 radical (unpaired) electrons. The maximum atomic E-state index is 11.2. The number of anilines is 1. The summed E-state index contributed by atoms with van der Waals surface area (Å²) in [5, 5.41) is 23.0. The van der Waals surface area contributed by atoms with E-state index in [-0.39, 0.29) is 5.69 Å². The lowest BCUT2D eigenvalue weighted by atomic mass is 10.1. The van der Waals surface area contributed by atoms with Gasteiger partial charge in [0.15, 0.2) is 0 Å².